The van der Waals surface area contributed by atoms with Crippen molar-refractivity contribution in [3.8, 4) is 0 Å². The Balaban J connectivity index is 0.000000595. The number of esters is 1. The second-order valence-electron chi connectivity index (χ2n) is 12.8. The summed E-state index contributed by atoms with van der Waals surface area (Å²) in [5, 5.41) is 18.9. The first kappa shape index (κ1) is 28.1. The summed E-state index contributed by atoms with van der Waals surface area (Å²) in [4.78, 5) is 48.8. The smallest absolute Gasteiger partial charge is 0.335 e. The van der Waals surface area contributed by atoms with Crippen LogP contribution in [-0.4, -0.2) is 51.7 Å². The molecule has 2 saturated carbocycles. The highest BCUT2D eigenvalue weighted by atomic mass is 16.6. The molecular weight excluding hydrogens is 520 g/mol. The van der Waals surface area contributed by atoms with Crippen molar-refractivity contribution in [1.29, 1.82) is 0 Å². The molecule has 216 valence electrons. The van der Waals surface area contributed by atoms with E-state index in [1.165, 1.54) is 12.4 Å². The number of furan rings is 1. The third-order valence-corrected chi connectivity index (χ3v) is 10.5. The first-order valence-corrected chi connectivity index (χ1v) is 13.3. The van der Waals surface area contributed by atoms with Gasteiger partial charge in [-0.2, -0.15) is 0 Å². The van der Waals surface area contributed by atoms with Crippen LogP contribution in [0, 0.1) is 27.6 Å². The van der Waals surface area contributed by atoms with Gasteiger partial charge in [-0.25, -0.2) is 10.3 Å². The molecule has 40 heavy (non-hydrogen) atoms. The molecule has 1 aromatic rings. The fourth-order valence-corrected chi connectivity index (χ4v) is 9.22. The summed E-state index contributed by atoms with van der Waals surface area (Å²) < 4.78 is 17.9. The monoisotopic (exact) mass is 556 g/mol. The third kappa shape index (κ3) is 3.24. The largest absolute Gasteiger partial charge is 0.504 e. The van der Waals surface area contributed by atoms with E-state index in [9.17, 15) is 24.3 Å². The highest BCUT2D eigenvalue weighted by Gasteiger charge is 2.88. The number of carbonyl (C=O) groups is 4. The molecule has 1 spiro atoms. The Kier molecular flexibility index (Phi) is 5.99. The quantitative estimate of drug-likeness (QED) is 0.183. The SMILES string of the molecule is CC(=O)OC1CC2(C)C(c3ccoc3)CC3OC32C2(C)C(=O)C(O)=C3C(C)(C)C(=O)C=CC3(C)C12.NC(=O)NO. The van der Waals surface area contributed by atoms with Gasteiger partial charge in [0.05, 0.1) is 29.5 Å². The van der Waals surface area contributed by atoms with Gasteiger partial charge in [0.25, 0.3) is 0 Å². The molecule has 5 N–H and O–H groups in total. The molecule has 5 aliphatic rings. The first-order valence-electron chi connectivity index (χ1n) is 13.3. The van der Waals surface area contributed by atoms with Crippen molar-refractivity contribution >= 4 is 23.6 Å². The minimum absolute atomic E-state index is 0.0453. The number of nitrogens with two attached hydrogens (primary N) is 1. The number of nitrogens with one attached hydrogen (secondary N) is 1. The van der Waals surface area contributed by atoms with Crippen LogP contribution in [0.3, 0.4) is 0 Å². The number of allylic oxidation sites excluding steroid dienone is 4. The van der Waals surface area contributed by atoms with E-state index in [-0.39, 0.29) is 23.6 Å². The second-order valence-corrected chi connectivity index (χ2v) is 12.8. The highest BCUT2D eigenvalue weighted by Crippen LogP contribution is 2.81. The van der Waals surface area contributed by atoms with Crippen molar-refractivity contribution in [2.24, 2.45) is 33.3 Å². The molecular formula is C29H36N2O9. The standard InChI is InChI=1S/C28H32O7.CH4N2O2/c1-14(29)34-17-12-26(5)16(15-8-10-33-13-15)11-19-28(26,35-19)27(6)21(17)25(4)9-7-18(30)24(2,3)22(25)20(31)23(27)32;2-1(4)3-5/h7-10,13,16-17,19,21,31H,11-12H2,1-6H3;5H,(H3,2,3,4). The van der Waals surface area contributed by atoms with Gasteiger partial charge in [0.15, 0.2) is 11.5 Å². The Labute approximate surface area is 231 Å². The molecule has 1 aliphatic heterocycles. The molecule has 6 rings (SSSR count). The minimum atomic E-state index is -1.17. The van der Waals surface area contributed by atoms with Gasteiger partial charge in [-0.1, -0.05) is 19.9 Å². The predicted octanol–water partition coefficient (Wildman–Crippen LogP) is 3.48. The maximum atomic E-state index is 14.3. The van der Waals surface area contributed by atoms with Gasteiger partial charge >= 0.3 is 12.0 Å². The number of hydroxylamine groups is 1. The number of aliphatic hydroxyl groups is 1. The molecule has 0 bridgehead atoms. The number of amides is 2. The Hall–Kier alpha value is -3.44. The minimum Gasteiger partial charge on any atom is -0.504 e. The van der Waals surface area contributed by atoms with Crippen molar-refractivity contribution < 1.29 is 43.4 Å². The van der Waals surface area contributed by atoms with Crippen LogP contribution in [0.25, 0.3) is 0 Å². The average molecular weight is 557 g/mol. The van der Waals surface area contributed by atoms with E-state index in [2.05, 4.69) is 12.7 Å². The number of urea groups is 1. The molecule has 3 fully saturated rings. The lowest BCUT2D eigenvalue weighted by Gasteiger charge is -2.64. The Morgan fingerprint density at radius 3 is 2.38 bits per heavy atom. The Bertz CT molecular complexity index is 1360. The van der Waals surface area contributed by atoms with Crippen LogP contribution in [0.5, 0.6) is 0 Å². The lowest BCUT2D eigenvalue weighted by Crippen LogP contribution is -2.70. The van der Waals surface area contributed by atoms with Crippen LogP contribution in [0.4, 0.5) is 4.79 Å². The summed E-state index contributed by atoms with van der Waals surface area (Å²) in [7, 11) is 0. The Morgan fingerprint density at radius 2 is 1.82 bits per heavy atom. The Morgan fingerprint density at radius 1 is 1.18 bits per heavy atom. The molecule has 11 heteroatoms. The molecule has 0 radical (unpaired) electrons. The fourth-order valence-electron chi connectivity index (χ4n) is 9.22. The third-order valence-electron chi connectivity index (χ3n) is 10.5. The van der Waals surface area contributed by atoms with Gasteiger partial charge in [-0.3, -0.25) is 19.6 Å². The van der Waals surface area contributed by atoms with E-state index in [4.69, 9.17) is 19.1 Å². The van der Waals surface area contributed by atoms with Crippen LogP contribution in [0.2, 0.25) is 0 Å². The lowest BCUT2D eigenvalue weighted by molar-refractivity contribution is -0.200. The van der Waals surface area contributed by atoms with E-state index in [1.54, 1.807) is 38.5 Å². The van der Waals surface area contributed by atoms with Crippen LogP contribution in [0.15, 0.2) is 46.5 Å². The number of primary amides is 1. The maximum Gasteiger partial charge on any atom is 0.335 e. The molecule has 2 amide bonds. The summed E-state index contributed by atoms with van der Waals surface area (Å²) >= 11 is 0. The van der Waals surface area contributed by atoms with E-state index >= 15 is 0 Å². The summed E-state index contributed by atoms with van der Waals surface area (Å²) in [6, 6.07) is 1.01. The number of epoxide rings is 1. The first-order chi connectivity index (χ1) is 18.5. The number of hydrogen-bond acceptors (Lipinski definition) is 9. The zero-order chi connectivity index (χ0) is 29.6. The van der Waals surface area contributed by atoms with Gasteiger partial charge in [-0.15, -0.1) is 0 Å². The summed E-state index contributed by atoms with van der Waals surface area (Å²) in [6.07, 6.45) is 7.17. The second kappa shape index (κ2) is 8.53. The molecule has 8 unspecified atom stereocenters. The fraction of sp³-hybridized carbons (Fsp3) is 0.586. The molecule has 2 heterocycles. The van der Waals surface area contributed by atoms with Gasteiger partial charge in [0, 0.05) is 23.7 Å². The van der Waals surface area contributed by atoms with Gasteiger partial charge in [0.2, 0.25) is 5.78 Å². The number of rotatable bonds is 2. The summed E-state index contributed by atoms with van der Waals surface area (Å²) in [5.74, 6) is -1.84. The molecule has 4 aliphatic carbocycles. The number of hydrogen-bond donors (Lipinski definition) is 4. The zero-order valence-electron chi connectivity index (χ0n) is 23.4. The highest BCUT2D eigenvalue weighted by molar-refractivity contribution is 6.06. The van der Waals surface area contributed by atoms with Crippen molar-refractivity contribution in [2.75, 3.05) is 0 Å². The van der Waals surface area contributed by atoms with Crippen molar-refractivity contribution in [3.05, 3.63) is 47.6 Å². The molecule has 1 saturated heterocycles. The number of carbonyl (C=O) groups excluding carboxylic acids is 4. The topological polar surface area (TPSA) is 182 Å². The van der Waals surface area contributed by atoms with E-state index in [0.29, 0.717) is 18.4 Å². The van der Waals surface area contributed by atoms with E-state index in [0.717, 1.165) is 5.56 Å². The van der Waals surface area contributed by atoms with Crippen LogP contribution in [-0.2, 0) is 23.9 Å². The lowest BCUT2D eigenvalue weighted by atomic mass is 9.38. The van der Waals surface area contributed by atoms with Crippen LogP contribution >= 0.6 is 0 Å². The van der Waals surface area contributed by atoms with Gasteiger partial charge in [0.1, 0.15) is 11.7 Å². The van der Waals surface area contributed by atoms with Crippen molar-refractivity contribution in [2.45, 2.75) is 78.1 Å². The predicted molar refractivity (Wildman–Crippen MR) is 139 cm³/mol. The van der Waals surface area contributed by atoms with Crippen LogP contribution < -0.4 is 11.2 Å². The molecule has 0 aromatic carbocycles. The van der Waals surface area contributed by atoms with Gasteiger partial charge < -0.3 is 24.7 Å². The number of Topliss-reactive ketones (excluding diaryl/α,β-unsaturated/α-hetero) is 1. The summed E-state index contributed by atoms with van der Waals surface area (Å²) in [6.45, 7) is 10.8. The van der Waals surface area contributed by atoms with E-state index in [1.807, 2.05) is 19.9 Å². The summed E-state index contributed by atoms with van der Waals surface area (Å²) in [5.41, 5.74) is 2.40. The molecule has 8 atom stereocenters. The van der Waals surface area contributed by atoms with E-state index < -0.39 is 57.1 Å². The number of aliphatic hydroxyl groups excluding tert-OH is 1. The number of ketones is 2. The van der Waals surface area contributed by atoms with Crippen molar-refractivity contribution in [1.82, 2.24) is 5.48 Å². The average Bonchev–Trinajstić information content (AvgIpc) is 3.23. The molecule has 1 aromatic heterocycles. The zero-order valence-corrected chi connectivity index (χ0v) is 23.4. The number of fused-ring (bicyclic) bond motifs is 3. The molecule has 11 nitrogen and oxygen atoms in total. The van der Waals surface area contributed by atoms with Crippen molar-refractivity contribution in [3.63, 3.8) is 0 Å². The number of ether oxygens (including phenoxy) is 2. The normalized spacial score (nSPS) is 42.0. The maximum absolute atomic E-state index is 14.3. The van der Waals surface area contributed by atoms with Crippen LogP contribution in [0.1, 0.15) is 65.9 Å². The van der Waals surface area contributed by atoms with Gasteiger partial charge in [-0.05, 0) is 62.8 Å².